The molecule has 3 amide bonds. The second-order valence-electron chi connectivity index (χ2n) is 10.7. The highest BCUT2D eigenvalue weighted by atomic mass is 16.6. The highest BCUT2D eigenvalue weighted by Crippen LogP contribution is 2.42. The van der Waals surface area contributed by atoms with E-state index in [4.69, 9.17) is 23.5 Å². The first-order chi connectivity index (χ1) is 20.0. The topological polar surface area (TPSA) is 141 Å². The van der Waals surface area contributed by atoms with Crippen molar-refractivity contribution in [1.82, 2.24) is 10.5 Å². The third-order valence-corrected chi connectivity index (χ3v) is 6.27. The van der Waals surface area contributed by atoms with E-state index in [2.05, 4.69) is 15.8 Å². The molecule has 42 heavy (non-hydrogen) atoms. The Bertz CT molecular complexity index is 1450. The number of amides is 3. The summed E-state index contributed by atoms with van der Waals surface area (Å²) in [7, 11) is 2.96. The van der Waals surface area contributed by atoms with Crippen molar-refractivity contribution >= 4 is 29.2 Å². The number of rotatable bonds is 10. The van der Waals surface area contributed by atoms with Gasteiger partial charge < -0.3 is 34.1 Å². The Morgan fingerprint density at radius 2 is 1.74 bits per heavy atom. The van der Waals surface area contributed by atoms with Crippen molar-refractivity contribution in [2.24, 2.45) is 0 Å². The Kier molecular flexibility index (Phi) is 9.24. The van der Waals surface area contributed by atoms with E-state index < -0.39 is 29.3 Å². The molecule has 2 aromatic carbocycles. The number of ether oxygens (including phenoxy) is 4. The van der Waals surface area contributed by atoms with Crippen LogP contribution in [-0.2, 0) is 14.4 Å². The van der Waals surface area contributed by atoms with Crippen LogP contribution in [0.15, 0.2) is 47.0 Å². The van der Waals surface area contributed by atoms with Gasteiger partial charge in [0.1, 0.15) is 25.0 Å². The number of carbonyl (C=O) groups is 3. The fourth-order valence-corrected chi connectivity index (χ4v) is 4.55. The van der Waals surface area contributed by atoms with Gasteiger partial charge in [-0.25, -0.2) is 0 Å². The molecule has 0 saturated carbocycles. The van der Waals surface area contributed by atoms with Gasteiger partial charge in [-0.1, -0.05) is 17.3 Å². The van der Waals surface area contributed by atoms with Crippen LogP contribution in [0.1, 0.15) is 51.0 Å². The van der Waals surface area contributed by atoms with Crippen molar-refractivity contribution in [3.05, 3.63) is 53.8 Å². The molecule has 2 heterocycles. The quantitative estimate of drug-likeness (QED) is 0.361. The van der Waals surface area contributed by atoms with Crippen molar-refractivity contribution in [2.75, 3.05) is 37.7 Å². The number of anilines is 2. The number of hydrogen-bond donors (Lipinski definition) is 2. The number of aromatic nitrogens is 1. The third-order valence-electron chi connectivity index (χ3n) is 6.27. The molecule has 0 spiro atoms. The SMILES string of the molecule is COc1cccc([C@@H](C(=O)NC(C)(C)C)N(C(=O)CCC(=O)Nc2cc(C)on2)c2ccc3c(c2)OCCO3)c1OC. The molecule has 12 nitrogen and oxygen atoms in total. The highest BCUT2D eigenvalue weighted by molar-refractivity contribution is 6.03. The van der Waals surface area contributed by atoms with Gasteiger partial charge in [0.2, 0.25) is 17.7 Å². The van der Waals surface area contributed by atoms with Crippen LogP contribution < -0.4 is 34.5 Å². The fourth-order valence-electron chi connectivity index (χ4n) is 4.55. The lowest BCUT2D eigenvalue weighted by Gasteiger charge is -2.35. The Morgan fingerprint density at radius 3 is 2.38 bits per heavy atom. The Labute approximate surface area is 244 Å². The largest absolute Gasteiger partial charge is 0.493 e. The van der Waals surface area contributed by atoms with Crippen molar-refractivity contribution in [1.29, 1.82) is 0 Å². The maximum absolute atomic E-state index is 14.1. The lowest BCUT2D eigenvalue weighted by molar-refractivity contribution is -0.128. The zero-order chi connectivity index (χ0) is 30.4. The van der Waals surface area contributed by atoms with Crippen LogP contribution in [0.3, 0.4) is 0 Å². The lowest BCUT2D eigenvalue weighted by Crippen LogP contribution is -2.49. The molecule has 1 atom stereocenters. The molecular weight excluding hydrogens is 544 g/mol. The van der Waals surface area contributed by atoms with Gasteiger partial charge in [0.25, 0.3) is 0 Å². The number of nitrogens with one attached hydrogen (secondary N) is 2. The summed E-state index contributed by atoms with van der Waals surface area (Å²) in [5, 5.41) is 9.37. The molecular formula is C30H36N4O8. The summed E-state index contributed by atoms with van der Waals surface area (Å²) in [5.74, 6) is 1.04. The summed E-state index contributed by atoms with van der Waals surface area (Å²) in [5.41, 5.74) is 0.138. The van der Waals surface area contributed by atoms with E-state index in [0.717, 1.165) is 0 Å². The molecule has 0 bridgehead atoms. The molecule has 224 valence electrons. The summed E-state index contributed by atoms with van der Waals surface area (Å²) in [6, 6.07) is 10.5. The van der Waals surface area contributed by atoms with Crippen molar-refractivity contribution in [2.45, 2.75) is 52.1 Å². The lowest BCUT2D eigenvalue weighted by atomic mass is 9.98. The zero-order valence-electron chi connectivity index (χ0n) is 24.6. The Balaban J connectivity index is 1.78. The fraction of sp³-hybridized carbons (Fsp3) is 0.400. The first kappa shape index (κ1) is 30.2. The molecule has 0 saturated heterocycles. The summed E-state index contributed by atoms with van der Waals surface area (Å²) in [6.07, 6.45) is -0.392. The van der Waals surface area contributed by atoms with E-state index in [9.17, 15) is 14.4 Å². The van der Waals surface area contributed by atoms with Crippen LogP contribution in [0, 0.1) is 6.92 Å². The maximum atomic E-state index is 14.1. The van der Waals surface area contributed by atoms with Crippen LogP contribution in [0.4, 0.5) is 11.5 Å². The number of para-hydroxylation sites is 1. The molecule has 3 aromatic rings. The van der Waals surface area contributed by atoms with E-state index in [1.807, 2.05) is 20.8 Å². The van der Waals surface area contributed by atoms with Crippen LogP contribution in [0.25, 0.3) is 0 Å². The molecule has 12 heteroatoms. The van der Waals surface area contributed by atoms with Crippen molar-refractivity contribution in [3.63, 3.8) is 0 Å². The standard InChI is InChI=1S/C30H36N4O8/c1-18-16-24(33-42-18)31-25(35)12-13-26(36)34(19-10-11-21-23(17-19)41-15-14-40-21)27(29(37)32-30(2,3)4)20-8-7-9-22(38-5)28(20)39-6/h7-11,16-17,27H,12-15H2,1-6H3,(H,32,37)(H,31,33,35)/t27-/m0/s1. The van der Waals surface area contributed by atoms with Gasteiger partial charge in [0.05, 0.1) is 14.2 Å². The van der Waals surface area contributed by atoms with Gasteiger partial charge in [0, 0.05) is 41.8 Å². The minimum Gasteiger partial charge on any atom is -0.493 e. The van der Waals surface area contributed by atoms with Crippen molar-refractivity contribution in [3.8, 4) is 23.0 Å². The van der Waals surface area contributed by atoms with Gasteiger partial charge in [-0.15, -0.1) is 0 Å². The molecule has 2 N–H and O–H groups in total. The van der Waals surface area contributed by atoms with E-state index in [1.165, 1.54) is 19.1 Å². The number of aryl methyl sites for hydroxylation is 1. The Morgan fingerprint density at radius 1 is 1.00 bits per heavy atom. The minimum atomic E-state index is -1.20. The van der Waals surface area contributed by atoms with Crippen LogP contribution >= 0.6 is 0 Å². The predicted molar refractivity (Wildman–Crippen MR) is 154 cm³/mol. The molecule has 0 fully saturated rings. The summed E-state index contributed by atoms with van der Waals surface area (Å²) >= 11 is 0. The zero-order valence-corrected chi connectivity index (χ0v) is 24.6. The van der Waals surface area contributed by atoms with E-state index in [0.29, 0.717) is 53.2 Å². The average molecular weight is 581 g/mol. The summed E-state index contributed by atoms with van der Waals surface area (Å²) in [4.78, 5) is 42.2. The second-order valence-corrected chi connectivity index (χ2v) is 10.7. The van der Waals surface area contributed by atoms with Gasteiger partial charge in [-0.2, -0.15) is 0 Å². The molecule has 1 aliphatic heterocycles. The van der Waals surface area contributed by atoms with Gasteiger partial charge in [0.15, 0.2) is 28.8 Å². The second kappa shape index (κ2) is 12.8. The monoisotopic (exact) mass is 580 g/mol. The number of methoxy groups -OCH3 is 2. The minimum absolute atomic E-state index is 0.172. The number of fused-ring (bicyclic) bond motifs is 1. The molecule has 1 aliphatic rings. The first-order valence-electron chi connectivity index (χ1n) is 13.5. The van der Waals surface area contributed by atoms with Gasteiger partial charge >= 0.3 is 0 Å². The third kappa shape index (κ3) is 7.12. The van der Waals surface area contributed by atoms with Crippen LogP contribution in [-0.4, -0.2) is 55.9 Å². The van der Waals surface area contributed by atoms with Gasteiger partial charge in [-0.05, 0) is 45.9 Å². The number of benzene rings is 2. The molecule has 4 rings (SSSR count). The van der Waals surface area contributed by atoms with E-state index >= 15 is 0 Å². The molecule has 0 unspecified atom stereocenters. The van der Waals surface area contributed by atoms with E-state index in [-0.39, 0.29) is 18.7 Å². The number of nitrogens with zero attached hydrogens (tertiary/aromatic N) is 2. The summed E-state index contributed by atoms with van der Waals surface area (Å²) < 4.78 is 27.6. The highest BCUT2D eigenvalue weighted by Gasteiger charge is 2.37. The Hall–Kier alpha value is -4.74. The molecule has 1 aromatic heterocycles. The smallest absolute Gasteiger partial charge is 0.248 e. The number of hydrogen-bond acceptors (Lipinski definition) is 9. The van der Waals surface area contributed by atoms with Gasteiger partial charge in [-0.3, -0.25) is 19.3 Å². The molecule has 0 radical (unpaired) electrons. The van der Waals surface area contributed by atoms with Crippen molar-refractivity contribution < 1.29 is 37.9 Å². The predicted octanol–water partition coefficient (Wildman–Crippen LogP) is 4.18. The van der Waals surface area contributed by atoms with Crippen LogP contribution in [0.5, 0.6) is 23.0 Å². The first-order valence-corrected chi connectivity index (χ1v) is 13.5. The number of carbonyl (C=O) groups excluding carboxylic acids is 3. The normalized spacial score (nSPS) is 13.1. The molecule has 0 aliphatic carbocycles. The van der Waals surface area contributed by atoms with E-state index in [1.54, 1.807) is 49.4 Å². The maximum Gasteiger partial charge on any atom is 0.248 e. The summed E-state index contributed by atoms with van der Waals surface area (Å²) in [6.45, 7) is 7.97. The average Bonchev–Trinajstić information content (AvgIpc) is 3.36. The van der Waals surface area contributed by atoms with Crippen LogP contribution in [0.2, 0.25) is 0 Å².